The number of halogens is 2. The van der Waals surface area contributed by atoms with Crippen LogP contribution in [0.5, 0.6) is 0 Å². The second kappa shape index (κ2) is 6.64. The molecule has 1 N–H and O–H groups in total. The SMILES string of the molecule is CC(C)C(NCc1ccc(Br)cc1F)c1cccs1. The first-order valence-electron chi connectivity index (χ1n) is 6.28. The van der Waals surface area contributed by atoms with Crippen LogP contribution < -0.4 is 5.32 Å². The molecule has 1 heterocycles. The fourth-order valence-electron chi connectivity index (χ4n) is 2.02. The van der Waals surface area contributed by atoms with E-state index in [1.165, 1.54) is 10.9 Å². The maximum Gasteiger partial charge on any atom is 0.128 e. The highest BCUT2D eigenvalue weighted by Gasteiger charge is 2.16. The van der Waals surface area contributed by atoms with Crippen molar-refractivity contribution in [3.63, 3.8) is 0 Å². The number of thiophene rings is 1. The van der Waals surface area contributed by atoms with E-state index in [2.05, 4.69) is 52.6 Å². The van der Waals surface area contributed by atoms with Crippen molar-refractivity contribution in [2.75, 3.05) is 0 Å². The molecule has 102 valence electrons. The molecular formula is C15H17BrFNS. The zero-order valence-electron chi connectivity index (χ0n) is 11.0. The minimum atomic E-state index is -0.171. The van der Waals surface area contributed by atoms with Crippen LogP contribution in [-0.4, -0.2) is 0 Å². The van der Waals surface area contributed by atoms with Crippen LogP contribution in [0, 0.1) is 11.7 Å². The van der Waals surface area contributed by atoms with Crippen molar-refractivity contribution in [3.8, 4) is 0 Å². The first-order chi connectivity index (χ1) is 9.08. The molecule has 0 radical (unpaired) electrons. The van der Waals surface area contributed by atoms with Gasteiger partial charge in [0.05, 0.1) is 0 Å². The van der Waals surface area contributed by atoms with Gasteiger partial charge in [-0.2, -0.15) is 0 Å². The third-order valence-corrected chi connectivity index (χ3v) is 4.49. The fourth-order valence-corrected chi connectivity index (χ4v) is 3.32. The number of hydrogen-bond acceptors (Lipinski definition) is 2. The largest absolute Gasteiger partial charge is 0.305 e. The molecule has 0 aliphatic rings. The molecule has 1 aromatic carbocycles. The average Bonchev–Trinajstić information content (AvgIpc) is 2.85. The van der Waals surface area contributed by atoms with E-state index in [-0.39, 0.29) is 11.9 Å². The molecule has 1 aromatic heterocycles. The van der Waals surface area contributed by atoms with Gasteiger partial charge in [0.25, 0.3) is 0 Å². The zero-order chi connectivity index (χ0) is 13.8. The van der Waals surface area contributed by atoms with E-state index in [1.54, 1.807) is 11.3 Å². The van der Waals surface area contributed by atoms with Crippen molar-refractivity contribution in [1.29, 1.82) is 0 Å². The summed E-state index contributed by atoms with van der Waals surface area (Å²) in [5.74, 6) is 0.299. The van der Waals surface area contributed by atoms with Crippen LogP contribution in [0.2, 0.25) is 0 Å². The Balaban J connectivity index is 2.07. The molecule has 0 aliphatic carbocycles. The Morgan fingerprint density at radius 2 is 2.11 bits per heavy atom. The highest BCUT2D eigenvalue weighted by atomic mass is 79.9. The summed E-state index contributed by atoms with van der Waals surface area (Å²) >= 11 is 5.01. The molecule has 0 fully saturated rings. The van der Waals surface area contributed by atoms with Gasteiger partial charge in [0, 0.05) is 27.5 Å². The number of rotatable bonds is 5. The summed E-state index contributed by atoms with van der Waals surface area (Å²) in [6, 6.07) is 9.64. The highest BCUT2D eigenvalue weighted by molar-refractivity contribution is 9.10. The van der Waals surface area contributed by atoms with Gasteiger partial charge in [0.15, 0.2) is 0 Å². The smallest absolute Gasteiger partial charge is 0.128 e. The van der Waals surface area contributed by atoms with Crippen molar-refractivity contribution in [3.05, 3.63) is 56.4 Å². The van der Waals surface area contributed by atoms with Gasteiger partial charge < -0.3 is 5.32 Å². The first-order valence-corrected chi connectivity index (χ1v) is 7.96. The van der Waals surface area contributed by atoms with Gasteiger partial charge in [-0.15, -0.1) is 11.3 Å². The monoisotopic (exact) mass is 341 g/mol. The molecule has 2 aromatic rings. The molecule has 0 spiro atoms. The topological polar surface area (TPSA) is 12.0 Å². The number of nitrogens with one attached hydrogen (secondary N) is 1. The second-order valence-corrected chi connectivity index (χ2v) is 6.75. The maximum atomic E-state index is 13.8. The van der Waals surface area contributed by atoms with Gasteiger partial charge >= 0.3 is 0 Å². The minimum absolute atomic E-state index is 0.171. The third kappa shape index (κ3) is 3.88. The molecule has 0 amide bonds. The molecule has 0 bridgehead atoms. The summed E-state index contributed by atoms with van der Waals surface area (Å²) in [5, 5.41) is 5.53. The van der Waals surface area contributed by atoms with Crippen molar-refractivity contribution in [1.82, 2.24) is 5.32 Å². The standard InChI is InChI=1S/C15H17BrFNS/c1-10(2)15(14-4-3-7-19-14)18-9-11-5-6-12(16)8-13(11)17/h3-8,10,15,18H,9H2,1-2H3. The Morgan fingerprint density at radius 3 is 2.68 bits per heavy atom. The summed E-state index contributed by atoms with van der Waals surface area (Å²) in [7, 11) is 0. The van der Waals surface area contributed by atoms with Crippen LogP contribution in [-0.2, 0) is 6.54 Å². The molecule has 0 saturated heterocycles. The summed E-state index contributed by atoms with van der Waals surface area (Å²) < 4.78 is 14.5. The van der Waals surface area contributed by atoms with E-state index in [0.717, 1.165) is 4.47 Å². The van der Waals surface area contributed by atoms with Crippen LogP contribution >= 0.6 is 27.3 Å². The van der Waals surface area contributed by atoms with E-state index in [0.29, 0.717) is 18.0 Å². The number of benzene rings is 1. The second-order valence-electron chi connectivity index (χ2n) is 4.85. The predicted molar refractivity (Wildman–Crippen MR) is 82.8 cm³/mol. The summed E-state index contributed by atoms with van der Waals surface area (Å²) in [6.45, 7) is 4.89. The minimum Gasteiger partial charge on any atom is -0.305 e. The van der Waals surface area contributed by atoms with E-state index >= 15 is 0 Å². The quantitative estimate of drug-likeness (QED) is 0.794. The fraction of sp³-hybridized carbons (Fsp3) is 0.333. The highest BCUT2D eigenvalue weighted by Crippen LogP contribution is 2.26. The lowest BCUT2D eigenvalue weighted by Gasteiger charge is -2.21. The summed E-state index contributed by atoms with van der Waals surface area (Å²) in [6.07, 6.45) is 0. The van der Waals surface area contributed by atoms with Gasteiger partial charge in [-0.3, -0.25) is 0 Å². The van der Waals surface area contributed by atoms with Gasteiger partial charge in [-0.1, -0.05) is 41.9 Å². The lowest BCUT2D eigenvalue weighted by Crippen LogP contribution is -2.25. The third-order valence-electron chi connectivity index (χ3n) is 3.04. The Bertz CT molecular complexity index is 525. The molecular weight excluding hydrogens is 325 g/mol. The molecule has 19 heavy (non-hydrogen) atoms. The molecule has 0 aliphatic heterocycles. The van der Waals surface area contributed by atoms with E-state index in [4.69, 9.17) is 0 Å². The van der Waals surface area contributed by atoms with Gasteiger partial charge in [0.1, 0.15) is 5.82 Å². The van der Waals surface area contributed by atoms with Crippen LogP contribution in [0.1, 0.15) is 30.3 Å². The normalized spacial score (nSPS) is 12.9. The molecule has 1 atom stereocenters. The van der Waals surface area contributed by atoms with Crippen molar-refractivity contribution < 1.29 is 4.39 Å². The molecule has 1 nitrogen and oxygen atoms in total. The van der Waals surface area contributed by atoms with Crippen LogP contribution in [0.4, 0.5) is 4.39 Å². The van der Waals surface area contributed by atoms with Crippen LogP contribution in [0.15, 0.2) is 40.2 Å². The lowest BCUT2D eigenvalue weighted by molar-refractivity contribution is 0.412. The van der Waals surface area contributed by atoms with Crippen molar-refractivity contribution >= 4 is 27.3 Å². The van der Waals surface area contributed by atoms with Crippen molar-refractivity contribution in [2.24, 2.45) is 5.92 Å². The molecule has 0 saturated carbocycles. The van der Waals surface area contributed by atoms with E-state index in [9.17, 15) is 4.39 Å². The van der Waals surface area contributed by atoms with Crippen LogP contribution in [0.3, 0.4) is 0 Å². The Morgan fingerprint density at radius 1 is 1.32 bits per heavy atom. The van der Waals surface area contributed by atoms with Crippen molar-refractivity contribution in [2.45, 2.75) is 26.4 Å². The maximum absolute atomic E-state index is 13.8. The summed E-state index contributed by atoms with van der Waals surface area (Å²) in [4.78, 5) is 1.30. The van der Waals surface area contributed by atoms with Gasteiger partial charge in [-0.25, -0.2) is 4.39 Å². The zero-order valence-corrected chi connectivity index (χ0v) is 13.4. The number of hydrogen-bond donors (Lipinski definition) is 1. The lowest BCUT2D eigenvalue weighted by atomic mass is 10.0. The molecule has 2 rings (SSSR count). The Hall–Kier alpha value is -0.710. The van der Waals surface area contributed by atoms with E-state index in [1.807, 2.05) is 12.1 Å². The first kappa shape index (κ1) is 14.7. The Labute approximate surface area is 126 Å². The van der Waals surface area contributed by atoms with Gasteiger partial charge in [-0.05, 0) is 29.5 Å². The van der Waals surface area contributed by atoms with E-state index < -0.39 is 0 Å². The molecule has 4 heteroatoms. The van der Waals surface area contributed by atoms with Crippen LogP contribution in [0.25, 0.3) is 0 Å². The summed E-state index contributed by atoms with van der Waals surface area (Å²) in [5.41, 5.74) is 0.699. The average molecular weight is 342 g/mol. The Kier molecular flexibility index (Phi) is 5.13. The predicted octanol–water partition coefficient (Wildman–Crippen LogP) is 5.14. The van der Waals surface area contributed by atoms with Gasteiger partial charge in [0.2, 0.25) is 0 Å². The molecule has 1 unspecified atom stereocenters.